The third kappa shape index (κ3) is 2.60. The summed E-state index contributed by atoms with van der Waals surface area (Å²) in [5.74, 6) is 0. The molecule has 0 spiro atoms. The summed E-state index contributed by atoms with van der Waals surface area (Å²) in [5.41, 5.74) is 7.91. The van der Waals surface area contributed by atoms with Gasteiger partial charge in [-0.15, -0.1) is 0 Å². The first-order valence-corrected chi connectivity index (χ1v) is 4.94. The molecule has 0 saturated carbocycles. The lowest BCUT2D eigenvalue weighted by molar-refractivity contribution is 1.25. The third-order valence-corrected chi connectivity index (χ3v) is 2.44. The lowest BCUT2D eigenvalue weighted by Crippen LogP contribution is -1.94. The van der Waals surface area contributed by atoms with E-state index in [0.29, 0.717) is 6.54 Å². The zero-order chi connectivity index (χ0) is 8.97. The van der Waals surface area contributed by atoms with Crippen LogP contribution in [0.2, 0.25) is 0 Å². The highest BCUT2D eigenvalue weighted by Gasteiger charge is 1.93. The maximum atomic E-state index is 5.42. The van der Waals surface area contributed by atoms with E-state index in [-0.39, 0.29) is 0 Å². The average Bonchev–Trinajstić information content (AvgIpc) is 2.06. The number of halogens is 1. The molecule has 0 radical (unpaired) electrons. The van der Waals surface area contributed by atoms with Crippen LogP contribution in [-0.4, -0.2) is 6.54 Å². The van der Waals surface area contributed by atoms with Crippen LogP contribution in [0.1, 0.15) is 12.5 Å². The zero-order valence-corrected chi connectivity index (χ0v) is 9.21. The summed E-state index contributed by atoms with van der Waals surface area (Å²) in [6.07, 6.45) is 2.03. The normalized spacial score (nSPS) is 11.8. The number of rotatable bonds is 2. The van der Waals surface area contributed by atoms with Gasteiger partial charge in [0.25, 0.3) is 0 Å². The fourth-order valence-corrected chi connectivity index (χ4v) is 1.37. The van der Waals surface area contributed by atoms with Crippen molar-refractivity contribution < 1.29 is 0 Å². The zero-order valence-electron chi connectivity index (χ0n) is 7.05. The molecule has 1 aromatic rings. The molecule has 0 bridgehead atoms. The topological polar surface area (TPSA) is 26.0 Å². The molecule has 2 heteroatoms. The first kappa shape index (κ1) is 9.74. The Bertz CT molecular complexity index is 274. The van der Waals surface area contributed by atoms with Crippen LogP contribution in [0.15, 0.2) is 30.3 Å². The molecule has 0 unspecified atom stereocenters. The van der Waals surface area contributed by atoms with Crippen molar-refractivity contribution in [2.24, 2.45) is 5.73 Å². The second kappa shape index (κ2) is 4.62. The Morgan fingerprint density at radius 2 is 2.00 bits per heavy atom. The van der Waals surface area contributed by atoms with Gasteiger partial charge < -0.3 is 5.73 Å². The second-order valence-corrected chi connectivity index (χ2v) is 3.88. The van der Waals surface area contributed by atoms with E-state index in [1.165, 1.54) is 14.7 Å². The molecular formula is C10H12IN. The first-order chi connectivity index (χ1) is 5.74. The highest BCUT2D eigenvalue weighted by atomic mass is 127. The number of nitrogens with two attached hydrogens (primary N) is 1. The van der Waals surface area contributed by atoms with Crippen LogP contribution in [0.25, 0.3) is 5.57 Å². The van der Waals surface area contributed by atoms with Crippen LogP contribution in [-0.2, 0) is 0 Å². The van der Waals surface area contributed by atoms with Gasteiger partial charge in [-0.05, 0) is 52.8 Å². The predicted octanol–water partition coefficient (Wildman–Crippen LogP) is 2.65. The maximum Gasteiger partial charge on any atom is 0.0130 e. The van der Waals surface area contributed by atoms with Crippen LogP contribution in [0, 0.1) is 3.57 Å². The molecule has 0 saturated heterocycles. The van der Waals surface area contributed by atoms with E-state index >= 15 is 0 Å². The molecule has 0 aliphatic rings. The monoisotopic (exact) mass is 273 g/mol. The predicted molar refractivity (Wildman–Crippen MR) is 61.9 cm³/mol. The van der Waals surface area contributed by atoms with Crippen molar-refractivity contribution >= 4 is 28.2 Å². The van der Waals surface area contributed by atoms with E-state index < -0.39 is 0 Å². The molecule has 12 heavy (non-hydrogen) atoms. The Hall–Kier alpha value is -0.350. The quantitative estimate of drug-likeness (QED) is 0.824. The van der Waals surface area contributed by atoms with Crippen molar-refractivity contribution in [1.29, 1.82) is 0 Å². The van der Waals surface area contributed by atoms with Crippen molar-refractivity contribution in [2.45, 2.75) is 6.92 Å². The van der Waals surface area contributed by atoms with Gasteiger partial charge in [-0.3, -0.25) is 0 Å². The largest absolute Gasteiger partial charge is 0.327 e. The molecule has 0 aliphatic carbocycles. The molecular weight excluding hydrogens is 261 g/mol. The van der Waals surface area contributed by atoms with Gasteiger partial charge in [0.1, 0.15) is 0 Å². The number of benzene rings is 1. The summed E-state index contributed by atoms with van der Waals surface area (Å²) in [6.45, 7) is 2.69. The second-order valence-electron chi connectivity index (χ2n) is 2.63. The summed E-state index contributed by atoms with van der Waals surface area (Å²) in [5, 5.41) is 0. The van der Waals surface area contributed by atoms with E-state index in [1.54, 1.807) is 0 Å². The molecule has 64 valence electrons. The number of hydrogen-bond donors (Lipinski definition) is 1. The smallest absolute Gasteiger partial charge is 0.0130 e. The molecule has 0 heterocycles. The van der Waals surface area contributed by atoms with E-state index in [1.807, 2.05) is 6.08 Å². The lowest BCUT2D eigenvalue weighted by atomic mass is 10.1. The van der Waals surface area contributed by atoms with Gasteiger partial charge in [-0.1, -0.05) is 18.2 Å². The third-order valence-electron chi connectivity index (χ3n) is 1.72. The molecule has 0 fully saturated rings. The standard InChI is InChI=1S/C10H12IN/c1-8(6-7-12)9-2-4-10(11)5-3-9/h2-6H,7,12H2,1H3/b8-6-. The van der Waals surface area contributed by atoms with Crippen molar-refractivity contribution in [2.75, 3.05) is 6.54 Å². The van der Waals surface area contributed by atoms with E-state index in [2.05, 4.69) is 53.8 Å². The maximum absolute atomic E-state index is 5.42. The minimum absolute atomic E-state index is 0.609. The summed E-state index contributed by atoms with van der Waals surface area (Å²) >= 11 is 2.30. The van der Waals surface area contributed by atoms with Crippen LogP contribution in [0.3, 0.4) is 0 Å². The summed E-state index contributed by atoms with van der Waals surface area (Å²) in [6, 6.07) is 8.43. The van der Waals surface area contributed by atoms with Gasteiger partial charge >= 0.3 is 0 Å². The lowest BCUT2D eigenvalue weighted by Gasteiger charge is -2.00. The van der Waals surface area contributed by atoms with Gasteiger partial charge in [-0.2, -0.15) is 0 Å². The van der Waals surface area contributed by atoms with Gasteiger partial charge in [0.15, 0.2) is 0 Å². The number of allylic oxidation sites excluding steroid dienone is 1. The Labute approximate surface area is 86.8 Å². The van der Waals surface area contributed by atoms with E-state index in [9.17, 15) is 0 Å². The molecule has 1 aromatic carbocycles. The Morgan fingerprint density at radius 1 is 1.42 bits per heavy atom. The SMILES string of the molecule is C/C(=C/CN)c1ccc(I)cc1. The summed E-state index contributed by atoms with van der Waals surface area (Å²) in [4.78, 5) is 0. The van der Waals surface area contributed by atoms with Crippen LogP contribution < -0.4 is 5.73 Å². The van der Waals surface area contributed by atoms with Crippen LogP contribution in [0.5, 0.6) is 0 Å². The molecule has 2 N–H and O–H groups in total. The Morgan fingerprint density at radius 3 is 2.50 bits per heavy atom. The van der Waals surface area contributed by atoms with Gasteiger partial charge in [-0.25, -0.2) is 0 Å². The molecule has 0 amide bonds. The molecule has 0 aliphatic heterocycles. The molecule has 0 atom stereocenters. The summed E-state index contributed by atoms with van der Waals surface area (Å²) < 4.78 is 1.26. The van der Waals surface area contributed by atoms with Gasteiger partial charge in [0, 0.05) is 10.1 Å². The van der Waals surface area contributed by atoms with E-state index in [0.717, 1.165) is 0 Å². The van der Waals surface area contributed by atoms with E-state index in [4.69, 9.17) is 5.73 Å². The first-order valence-electron chi connectivity index (χ1n) is 3.87. The fourth-order valence-electron chi connectivity index (χ4n) is 1.01. The Balaban J connectivity index is 2.89. The molecule has 0 aromatic heterocycles. The van der Waals surface area contributed by atoms with Crippen molar-refractivity contribution in [3.63, 3.8) is 0 Å². The molecule has 1 rings (SSSR count). The van der Waals surface area contributed by atoms with Gasteiger partial charge in [0.2, 0.25) is 0 Å². The van der Waals surface area contributed by atoms with Crippen LogP contribution >= 0.6 is 22.6 Å². The Kier molecular flexibility index (Phi) is 3.75. The summed E-state index contributed by atoms with van der Waals surface area (Å²) in [7, 11) is 0. The van der Waals surface area contributed by atoms with Crippen LogP contribution in [0.4, 0.5) is 0 Å². The van der Waals surface area contributed by atoms with Crippen molar-refractivity contribution in [3.8, 4) is 0 Å². The minimum atomic E-state index is 0.609. The highest BCUT2D eigenvalue weighted by molar-refractivity contribution is 14.1. The highest BCUT2D eigenvalue weighted by Crippen LogP contribution is 2.14. The molecule has 1 nitrogen and oxygen atoms in total. The fraction of sp³-hybridized carbons (Fsp3) is 0.200. The van der Waals surface area contributed by atoms with Gasteiger partial charge in [0.05, 0.1) is 0 Å². The minimum Gasteiger partial charge on any atom is -0.327 e. The van der Waals surface area contributed by atoms with Crippen molar-refractivity contribution in [3.05, 3.63) is 39.5 Å². The van der Waals surface area contributed by atoms with Crippen molar-refractivity contribution in [1.82, 2.24) is 0 Å². The number of hydrogen-bond acceptors (Lipinski definition) is 1. The average molecular weight is 273 g/mol.